The number of carbonyl (C=O) groups excluding carboxylic acids is 2. The monoisotopic (exact) mass is 610 g/mol. The molecule has 10 nitrogen and oxygen atoms in total. The predicted octanol–water partition coefficient (Wildman–Crippen LogP) is 2.32. The van der Waals surface area contributed by atoms with Gasteiger partial charge in [0.2, 0.25) is 0 Å². The van der Waals surface area contributed by atoms with Gasteiger partial charge < -0.3 is 20.1 Å². The molecule has 0 radical (unpaired) electrons. The Balaban J connectivity index is 0.000000307. The van der Waals surface area contributed by atoms with Crippen molar-refractivity contribution >= 4 is 58.2 Å². The van der Waals surface area contributed by atoms with Crippen molar-refractivity contribution in [1.29, 1.82) is 0 Å². The van der Waals surface area contributed by atoms with Gasteiger partial charge in [-0.1, -0.05) is 121 Å². The van der Waals surface area contributed by atoms with Crippen molar-refractivity contribution < 1.29 is 29.7 Å². The first-order valence-electron chi connectivity index (χ1n) is 13.1. The molecule has 0 bridgehead atoms. The molecular formula is C34H26MgN4O6. The minimum atomic E-state index is -1.46. The Hall–Kier alpha value is -5.65. The topological polar surface area (TPSA) is 167 Å². The van der Waals surface area contributed by atoms with E-state index in [0.29, 0.717) is 17.5 Å². The van der Waals surface area contributed by atoms with E-state index >= 15 is 0 Å². The average molecular weight is 611 g/mol. The fourth-order valence-corrected chi connectivity index (χ4v) is 3.53. The zero-order chi connectivity index (χ0) is 31.6. The molecule has 2 N–H and O–H groups in total. The van der Waals surface area contributed by atoms with Crippen LogP contribution >= 0.6 is 0 Å². The number of carboxylic acid groups (broad SMARTS) is 2. The molecule has 4 aromatic rings. The SMILES string of the molecule is O=C(O)/C=C\C(=O)NN=C(c1ccccc1)c1ccccc1.O=C([O-])/C=C\C([O-])=NN=C(c1ccccc1)c1ccccc1.[Mg+2]. The third-order valence-corrected chi connectivity index (χ3v) is 5.45. The molecule has 220 valence electrons. The van der Waals surface area contributed by atoms with Crippen molar-refractivity contribution in [3.05, 3.63) is 168 Å². The predicted molar refractivity (Wildman–Crippen MR) is 169 cm³/mol. The van der Waals surface area contributed by atoms with E-state index in [4.69, 9.17) is 5.11 Å². The molecule has 4 aromatic carbocycles. The normalized spacial score (nSPS) is 10.5. The van der Waals surface area contributed by atoms with Crippen LogP contribution in [0.1, 0.15) is 22.3 Å². The number of benzene rings is 4. The number of hydrazone groups is 1. The first-order chi connectivity index (χ1) is 21.3. The molecule has 4 rings (SSSR count). The molecule has 1 amide bonds. The average Bonchev–Trinajstić information content (AvgIpc) is 3.05. The number of hydrogen-bond acceptors (Lipinski definition) is 8. The Morgan fingerprint density at radius 3 is 1.33 bits per heavy atom. The third kappa shape index (κ3) is 13.0. The van der Waals surface area contributed by atoms with E-state index in [1.807, 2.05) is 121 Å². The molecule has 0 aromatic heterocycles. The maximum atomic E-state index is 11.5. The van der Waals surface area contributed by atoms with Gasteiger partial charge in [0.25, 0.3) is 5.91 Å². The van der Waals surface area contributed by atoms with Crippen molar-refractivity contribution in [1.82, 2.24) is 5.43 Å². The Morgan fingerprint density at radius 1 is 0.556 bits per heavy atom. The molecular weight excluding hydrogens is 585 g/mol. The standard InChI is InChI=1S/2C17H14N2O3.Mg/c2*20-15(11-12-16(21)22)18-19-17(13-7-3-1-4-8-13)14-9-5-2-6-10-14;/h2*1-12H,(H,18,20)(H,21,22);/q;;+2/p-2/b2*12-11-;. The van der Waals surface area contributed by atoms with E-state index in [9.17, 15) is 24.6 Å². The number of rotatable bonds is 10. The Labute approximate surface area is 275 Å². The minimum absolute atomic E-state index is 0. The Bertz CT molecular complexity index is 1610. The van der Waals surface area contributed by atoms with Crippen molar-refractivity contribution in [3.8, 4) is 0 Å². The van der Waals surface area contributed by atoms with Crippen molar-refractivity contribution in [2.75, 3.05) is 0 Å². The number of aliphatic carboxylic acids is 2. The molecule has 0 heterocycles. The number of nitrogens with zero attached hydrogens (tertiary/aromatic N) is 3. The fourth-order valence-electron chi connectivity index (χ4n) is 3.53. The molecule has 0 fully saturated rings. The summed E-state index contributed by atoms with van der Waals surface area (Å²) in [7, 11) is 0. The van der Waals surface area contributed by atoms with Crippen LogP contribution < -0.4 is 15.6 Å². The zero-order valence-electron chi connectivity index (χ0n) is 23.9. The summed E-state index contributed by atoms with van der Waals surface area (Å²) in [4.78, 5) is 32.2. The number of amides is 1. The van der Waals surface area contributed by atoms with Gasteiger partial charge in [0.05, 0.1) is 11.7 Å². The van der Waals surface area contributed by atoms with Crippen LogP contribution in [0.15, 0.2) is 161 Å². The van der Waals surface area contributed by atoms with Crippen LogP contribution in [0.2, 0.25) is 0 Å². The fraction of sp³-hybridized carbons (Fsp3) is 0. The largest absolute Gasteiger partial charge is 2.00 e. The first-order valence-corrected chi connectivity index (χ1v) is 13.1. The van der Waals surface area contributed by atoms with Crippen LogP contribution in [0.25, 0.3) is 0 Å². The van der Waals surface area contributed by atoms with E-state index in [0.717, 1.165) is 40.5 Å². The van der Waals surface area contributed by atoms with Gasteiger partial charge in [-0.15, -0.1) is 0 Å². The first kappa shape index (κ1) is 35.5. The molecule has 0 aliphatic carbocycles. The van der Waals surface area contributed by atoms with Gasteiger partial charge in [-0.25, -0.2) is 10.2 Å². The second-order valence-corrected chi connectivity index (χ2v) is 8.61. The van der Waals surface area contributed by atoms with E-state index < -0.39 is 23.7 Å². The van der Waals surface area contributed by atoms with E-state index in [2.05, 4.69) is 20.7 Å². The second-order valence-electron chi connectivity index (χ2n) is 8.61. The van der Waals surface area contributed by atoms with Crippen LogP contribution in [0, 0.1) is 0 Å². The van der Waals surface area contributed by atoms with Crippen molar-refractivity contribution in [2.45, 2.75) is 0 Å². The van der Waals surface area contributed by atoms with Gasteiger partial charge >= 0.3 is 29.0 Å². The Morgan fingerprint density at radius 2 is 0.956 bits per heavy atom. The second kappa shape index (κ2) is 19.5. The summed E-state index contributed by atoms with van der Waals surface area (Å²) in [5, 5.41) is 41.8. The third-order valence-electron chi connectivity index (χ3n) is 5.45. The van der Waals surface area contributed by atoms with Gasteiger partial charge in [0.15, 0.2) is 0 Å². The summed E-state index contributed by atoms with van der Waals surface area (Å²) in [5.41, 5.74) is 6.74. The quantitative estimate of drug-likeness (QED) is 0.0919. The molecule has 0 atom stereocenters. The molecule has 0 aliphatic heterocycles. The molecule has 11 heteroatoms. The summed E-state index contributed by atoms with van der Waals surface area (Å²) in [6, 6.07) is 37.4. The minimum Gasteiger partial charge on any atom is -0.857 e. The number of hydrogen-bond donors (Lipinski definition) is 2. The van der Waals surface area contributed by atoms with Crippen LogP contribution in [-0.2, 0) is 14.4 Å². The van der Waals surface area contributed by atoms with Crippen molar-refractivity contribution in [2.24, 2.45) is 15.3 Å². The maximum Gasteiger partial charge on any atom is 2.00 e. The zero-order valence-corrected chi connectivity index (χ0v) is 25.3. The molecule has 0 spiro atoms. The van der Waals surface area contributed by atoms with Crippen LogP contribution in [0.3, 0.4) is 0 Å². The van der Waals surface area contributed by atoms with Crippen LogP contribution in [-0.4, -0.2) is 63.3 Å². The summed E-state index contributed by atoms with van der Waals surface area (Å²) >= 11 is 0. The molecule has 0 unspecified atom stereocenters. The summed E-state index contributed by atoms with van der Waals surface area (Å²) < 4.78 is 0. The molecule has 0 aliphatic rings. The van der Waals surface area contributed by atoms with Crippen molar-refractivity contribution in [3.63, 3.8) is 0 Å². The van der Waals surface area contributed by atoms with Gasteiger partial charge in [0, 0.05) is 40.3 Å². The van der Waals surface area contributed by atoms with E-state index in [1.165, 1.54) is 0 Å². The number of carbonyl (C=O) groups is 3. The smallest absolute Gasteiger partial charge is 0.857 e. The summed E-state index contributed by atoms with van der Waals surface area (Å²) in [6.45, 7) is 0. The number of carboxylic acids is 2. The molecule has 0 saturated carbocycles. The van der Waals surface area contributed by atoms with Gasteiger partial charge in [-0.3, -0.25) is 4.79 Å². The number of nitrogens with one attached hydrogen (secondary N) is 1. The summed E-state index contributed by atoms with van der Waals surface area (Å²) in [5.74, 6) is -4.02. The van der Waals surface area contributed by atoms with Gasteiger partial charge in [-0.05, 0) is 12.2 Å². The maximum absolute atomic E-state index is 11.5. The van der Waals surface area contributed by atoms with Gasteiger partial charge in [-0.2, -0.15) is 15.3 Å². The van der Waals surface area contributed by atoms with E-state index in [-0.39, 0.29) is 23.1 Å². The van der Waals surface area contributed by atoms with Crippen LogP contribution in [0.4, 0.5) is 0 Å². The summed E-state index contributed by atoms with van der Waals surface area (Å²) in [6.07, 6.45) is 3.09. The van der Waals surface area contributed by atoms with Crippen LogP contribution in [0.5, 0.6) is 0 Å². The Kier molecular flexibility index (Phi) is 15.4. The molecule has 0 saturated heterocycles. The van der Waals surface area contributed by atoms with Gasteiger partial charge in [0.1, 0.15) is 5.71 Å². The van der Waals surface area contributed by atoms with E-state index in [1.54, 1.807) is 0 Å². The molecule has 45 heavy (non-hydrogen) atoms.